The summed E-state index contributed by atoms with van der Waals surface area (Å²) in [6.45, 7) is 2.64. The Morgan fingerprint density at radius 2 is 2.22 bits per heavy atom. The van der Waals surface area contributed by atoms with E-state index in [0.29, 0.717) is 22.8 Å². The first kappa shape index (κ1) is 12.6. The molecule has 2 N–H and O–H groups in total. The lowest BCUT2D eigenvalue weighted by atomic mass is 10.2. The zero-order valence-corrected chi connectivity index (χ0v) is 10.8. The standard InChI is InChI=1S/C13H14ClN3O/c1-2-7-16-13(18)17-11-6-5-10(14)9-4-3-8-15-12(9)11/h3-6,8H,2,7H2,1H3,(H2,16,17,18). The number of anilines is 1. The normalized spacial score (nSPS) is 10.3. The van der Waals surface area contributed by atoms with Gasteiger partial charge in [0.15, 0.2) is 0 Å². The summed E-state index contributed by atoms with van der Waals surface area (Å²) in [6, 6.07) is 6.96. The van der Waals surface area contributed by atoms with Crippen molar-refractivity contribution in [3.63, 3.8) is 0 Å². The van der Waals surface area contributed by atoms with Gasteiger partial charge in [0.1, 0.15) is 0 Å². The average molecular weight is 264 g/mol. The number of amides is 2. The average Bonchev–Trinajstić information content (AvgIpc) is 2.40. The van der Waals surface area contributed by atoms with E-state index in [1.54, 1.807) is 18.3 Å². The Morgan fingerprint density at radius 3 is 3.00 bits per heavy atom. The minimum Gasteiger partial charge on any atom is -0.338 e. The highest BCUT2D eigenvalue weighted by atomic mass is 35.5. The second-order valence-electron chi connectivity index (χ2n) is 3.88. The Morgan fingerprint density at radius 1 is 1.39 bits per heavy atom. The number of benzene rings is 1. The SMILES string of the molecule is CCCNC(=O)Nc1ccc(Cl)c2cccnc12. The van der Waals surface area contributed by atoms with Crippen LogP contribution in [0.15, 0.2) is 30.5 Å². The third kappa shape index (κ3) is 2.71. The maximum absolute atomic E-state index is 11.6. The fourth-order valence-electron chi connectivity index (χ4n) is 1.64. The van der Waals surface area contributed by atoms with Crippen LogP contribution in [-0.2, 0) is 0 Å². The third-order valence-electron chi connectivity index (χ3n) is 2.50. The molecule has 18 heavy (non-hydrogen) atoms. The summed E-state index contributed by atoms with van der Waals surface area (Å²) in [4.78, 5) is 15.9. The van der Waals surface area contributed by atoms with Gasteiger partial charge in [0, 0.05) is 18.1 Å². The summed E-state index contributed by atoms with van der Waals surface area (Å²) < 4.78 is 0. The number of fused-ring (bicyclic) bond motifs is 1. The van der Waals surface area contributed by atoms with Crippen LogP contribution < -0.4 is 10.6 Å². The predicted octanol–water partition coefficient (Wildman–Crippen LogP) is 3.42. The number of hydrogen-bond acceptors (Lipinski definition) is 2. The van der Waals surface area contributed by atoms with E-state index in [2.05, 4.69) is 15.6 Å². The zero-order valence-electron chi connectivity index (χ0n) is 10.0. The van der Waals surface area contributed by atoms with Crippen LogP contribution in [0.3, 0.4) is 0 Å². The summed E-state index contributed by atoms with van der Waals surface area (Å²) in [5, 5.41) is 6.97. The van der Waals surface area contributed by atoms with Gasteiger partial charge >= 0.3 is 6.03 Å². The molecule has 0 aliphatic rings. The van der Waals surface area contributed by atoms with E-state index in [-0.39, 0.29) is 6.03 Å². The molecule has 94 valence electrons. The topological polar surface area (TPSA) is 54.0 Å². The number of hydrogen-bond donors (Lipinski definition) is 2. The summed E-state index contributed by atoms with van der Waals surface area (Å²) in [5.74, 6) is 0. The van der Waals surface area contributed by atoms with E-state index in [4.69, 9.17) is 11.6 Å². The van der Waals surface area contributed by atoms with E-state index in [1.807, 2.05) is 19.1 Å². The highest BCUT2D eigenvalue weighted by Crippen LogP contribution is 2.27. The highest BCUT2D eigenvalue weighted by molar-refractivity contribution is 6.35. The highest BCUT2D eigenvalue weighted by Gasteiger charge is 2.08. The number of carbonyl (C=O) groups is 1. The number of halogens is 1. The van der Waals surface area contributed by atoms with Crippen molar-refractivity contribution in [3.05, 3.63) is 35.5 Å². The Hall–Kier alpha value is -1.81. The van der Waals surface area contributed by atoms with Crippen molar-refractivity contribution < 1.29 is 4.79 Å². The maximum Gasteiger partial charge on any atom is 0.319 e. The molecule has 1 heterocycles. The van der Waals surface area contributed by atoms with Gasteiger partial charge in [-0.15, -0.1) is 0 Å². The number of aromatic nitrogens is 1. The van der Waals surface area contributed by atoms with Crippen LogP contribution in [0.2, 0.25) is 5.02 Å². The Bertz CT molecular complexity index is 571. The first-order valence-electron chi connectivity index (χ1n) is 5.80. The number of urea groups is 1. The molecular formula is C13H14ClN3O. The van der Waals surface area contributed by atoms with Crippen molar-refractivity contribution in [2.45, 2.75) is 13.3 Å². The molecule has 0 atom stereocenters. The lowest BCUT2D eigenvalue weighted by molar-refractivity contribution is 0.252. The third-order valence-corrected chi connectivity index (χ3v) is 2.83. The Kier molecular flexibility index (Phi) is 3.99. The fraction of sp³-hybridized carbons (Fsp3) is 0.231. The summed E-state index contributed by atoms with van der Waals surface area (Å²) in [6.07, 6.45) is 2.57. The van der Waals surface area contributed by atoms with E-state index in [1.165, 1.54) is 0 Å². The van der Waals surface area contributed by atoms with Crippen LogP contribution in [0.25, 0.3) is 10.9 Å². The van der Waals surface area contributed by atoms with Crippen molar-refractivity contribution in [2.75, 3.05) is 11.9 Å². The second kappa shape index (κ2) is 5.69. The molecule has 5 heteroatoms. The predicted molar refractivity (Wildman–Crippen MR) is 74.1 cm³/mol. The molecule has 0 spiro atoms. The van der Waals surface area contributed by atoms with Gasteiger partial charge in [-0.2, -0.15) is 0 Å². The van der Waals surface area contributed by atoms with Crippen LogP contribution in [0.1, 0.15) is 13.3 Å². The van der Waals surface area contributed by atoms with Crippen molar-refractivity contribution in [2.24, 2.45) is 0 Å². The van der Waals surface area contributed by atoms with Gasteiger partial charge in [-0.3, -0.25) is 4.98 Å². The van der Waals surface area contributed by atoms with Gasteiger partial charge < -0.3 is 10.6 Å². The minimum absolute atomic E-state index is 0.230. The van der Waals surface area contributed by atoms with Gasteiger partial charge in [0.25, 0.3) is 0 Å². The number of pyridine rings is 1. The van der Waals surface area contributed by atoms with Gasteiger partial charge in [-0.1, -0.05) is 18.5 Å². The maximum atomic E-state index is 11.6. The molecule has 4 nitrogen and oxygen atoms in total. The van der Waals surface area contributed by atoms with Gasteiger partial charge in [-0.25, -0.2) is 4.79 Å². The molecule has 0 unspecified atom stereocenters. The second-order valence-corrected chi connectivity index (χ2v) is 4.28. The largest absolute Gasteiger partial charge is 0.338 e. The molecule has 1 aromatic carbocycles. The van der Waals surface area contributed by atoms with Gasteiger partial charge in [0.05, 0.1) is 16.2 Å². The fourth-order valence-corrected chi connectivity index (χ4v) is 1.86. The van der Waals surface area contributed by atoms with Crippen molar-refractivity contribution >= 4 is 34.2 Å². The first-order chi connectivity index (χ1) is 8.72. The number of rotatable bonds is 3. The van der Waals surface area contributed by atoms with Crippen LogP contribution in [-0.4, -0.2) is 17.6 Å². The smallest absolute Gasteiger partial charge is 0.319 e. The van der Waals surface area contributed by atoms with Crippen LogP contribution in [0.4, 0.5) is 10.5 Å². The Balaban J connectivity index is 2.29. The number of nitrogens with zero attached hydrogens (tertiary/aromatic N) is 1. The molecule has 2 aromatic rings. The molecule has 0 bridgehead atoms. The Labute approximate surface area is 110 Å². The first-order valence-corrected chi connectivity index (χ1v) is 6.18. The van der Waals surface area contributed by atoms with E-state index >= 15 is 0 Å². The van der Waals surface area contributed by atoms with Crippen molar-refractivity contribution in [1.29, 1.82) is 0 Å². The molecule has 0 fully saturated rings. The molecular weight excluding hydrogens is 250 g/mol. The molecule has 0 aliphatic carbocycles. The zero-order chi connectivity index (χ0) is 13.0. The minimum atomic E-state index is -0.230. The molecule has 0 radical (unpaired) electrons. The monoisotopic (exact) mass is 263 g/mol. The molecule has 2 rings (SSSR count). The van der Waals surface area contributed by atoms with Crippen LogP contribution >= 0.6 is 11.6 Å². The lowest BCUT2D eigenvalue weighted by Crippen LogP contribution is -2.29. The van der Waals surface area contributed by atoms with Crippen LogP contribution in [0.5, 0.6) is 0 Å². The summed E-state index contributed by atoms with van der Waals surface area (Å²) in [5.41, 5.74) is 1.35. The lowest BCUT2D eigenvalue weighted by Gasteiger charge is -2.09. The van der Waals surface area contributed by atoms with E-state index in [0.717, 1.165) is 11.8 Å². The molecule has 0 saturated carbocycles. The molecule has 2 amide bonds. The van der Waals surface area contributed by atoms with Crippen LogP contribution in [0, 0.1) is 0 Å². The molecule has 0 saturated heterocycles. The number of carbonyl (C=O) groups excluding carboxylic acids is 1. The summed E-state index contributed by atoms with van der Waals surface area (Å²) in [7, 11) is 0. The van der Waals surface area contributed by atoms with Gasteiger partial charge in [-0.05, 0) is 30.7 Å². The van der Waals surface area contributed by atoms with E-state index in [9.17, 15) is 4.79 Å². The van der Waals surface area contributed by atoms with Crippen molar-refractivity contribution in [1.82, 2.24) is 10.3 Å². The molecule has 1 aromatic heterocycles. The van der Waals surface area contributed by atoms with E-state index < -0.39 is 0 Å². The van der Waals surface area contributed by atoms with Crippen molar-refractivity contribution in [3.8, 4) is 0 Å². The summed E-state index contributed by atoms with van der Waals surface area (Å²) >= 11 is 6.08. The quantitative estimate of drug-likeness (QED) is 0.891. The number of nitrogens with one attached hydrogen (secondary N) is 2. The van der Waals surface area contributed by atoms with Gasteiger partial charge in [0.2, 0.25) is 0 Å². The molecule has 0 aliphatic heterocycles.